The average molecular weight is 258 g/mol. The van der Waals surface area contributed by atoms with Gasteiger partial charge in [0.1, 0.15) is 0 Å². The van der Waals surface area contributed by atoms with Crippen molar-refractivity contribution in [3.05, 3.63) is 0 Å². The summed E-state index contributed by atoms with van der Waals surface area (Å²) in [6.07, 6.45) is 5.21. The first kappa shape index (κ1) is 15.3. The number of likely N-dealkylation sites (tertiary alicyclic amines) is 1. The Kier molecular flexibility index (Phi) is 6.32. The van der Waals surface area contributed by atoms with Crippen molar-refractivity contribution < 1.29 is 0 Å². The first-order chi connectivity index (χ1) is 8.06. The Morgan fingerprint density at radius 3 is 2.41 bits per heavy atom. The largest absolute Gasteiger partial charge is 0.304 e. The van der Waals surface area contributed by atoms with Gasteiger partial charge in [-0.25, -0.2) is 0 Å². The van der Waals surface area contributed by atoms with Crippen LogP contribution in [0.15, 0.2) is 0 Å². The molecule has 0 aromatic rings. The van der Waals surface area contributed by atoms with Gasteiger partial charge in [-0.2, -0.15) is 12.6 Å². The van der Waals surface area contributed by atoms with Crippen molar-refractivity contribution >= 4 is 12.6 Å². The van der Waals surface area contributed by atoms with Gasteiger partial charge in [-0.15, -0.1) is 0 Å². The molecule has 0 amide bonds. The zero-order valence-electron chi connectivity index (χ0n) is 12.1. The summed E-state index contributed by atoms with van der Waals surface area (Å²) < 4.78 is 0. The predicted molar refractivity (Wildman–Crippen MR) is 80.0 cm³/mol. The number of hydrogen-bond donors (Lipinski definition) is 1. The summed E-state index contributed by atoms with van der Waals surface area (Å²) in [5, 5.41) is 0. The molecule has 2 nitrogen and oxygen atoms in total. The van der Waals surface area contributed by atoms with Crippen LogP contribution in [0.3, 0.4) is 0 Å². The third-order valence-corrected chi connectivity index (χ3v) is 5.31. The molecule has 17 heavy (non-hydrogen) atoms. The second-order valence-corrected chi connectivity index (χ2v) is 6.15. The zero-order chi connectivity index (χ0) is 12.9. The van der Waals surface area contributed by atoms with Crippen LogP contribution in [0.4, 0.5) is 0 Å². The fourth-order valence-electron chi connectivity index (χ4n) is 2.95. The molecule has 0 bridgehead atoms. The molecule has 1 saturated heterocycles. The highest BCUT2D eigenvalue weighted by Gasteiger charge is 2.28. The van der Waals surface area contributed by atoms with Crippen LogP contribution < -0.4 is 0 Å². The molecule has 1 aliphatic heterocycles. The van der Waals surface area contributed by atoms with Crippen molar-refractivity contribution in [1.29, 1.82) is 0 Å². The molecule has 1 heterocycles. The van der Waals surface area contributed by atoms with Crippen molar-refractivity contribution in [3.63, 3.8) is 0 Å². The van der Waals surface area contributed by atoms with Crippen molar-refractivity contribution in [1.82, 2.24) is 9.80 Å². The molecular weight excluding hydrogens is 228 g/mol. The maximum absolute atomic E-state index is 4.57. The van der Waals surface area contributed by atoms with E-state index in [1.807, 2.05) is 0 Å². The average Bonchev–Trinajstić information content (AvgIpc) is 2.72. The van der Waals surface area contributed by atoms with Gasteiger partial charge in [0.25, 0.3) is 0 Å². The maximum atomic E-state index is 4.57. The van der Waals surface area contributed by atoms with E-state index in [0.717, 1.165) is 11.8 Å². The summed E-state index contributed by atoms with van der Waals surface area (Å²) in [7, 11) is 4.53. The number of thiol groups is 1. The molecule has 0 saturated carbocycles. The molecule has 0 aromatic carbocycles. The topological polar surface area (TPSA) is 6.48 Å². The summed E-state index contributed by atoms with van der Waals surface area (Å²) in [6, 6.07) is 0.770. The lowest BCUT2D eigenvalue weighted by molar-refractivity contribution is 0.151. The van der Waals surface area contributed by atoms with Crippen molar-refractivity contribution in [2.45, 2.75) is 45.6 Å². The Hall–Kier alpha value is 0.270. The summed E-state index contributed by atoms with van der Waals surface area (Å²) in [6.45, 7) is 8.28. The standard InChI is InChI=1S/C14H30N2S/c1-5-14(6-2,12-17)11-15(3)10-13-8-7-9-16(13)4/h13,17H,5-12H2,1-4H3. The van der Waals surface area contributed by atoms with E-state index in [9.17, 15) is 0 Å². The Morgan fingerprint density at radius 2 is 2.00 bits per heavy atom. The van der Waals surface area contributed by atoms with Gasteiger partial charge in [0.15, 0.2) is 0 Å². The van der Waals surface area contributed by atoms with Crippen LogP contribution in [0.5, 0.6) is 0 Å². The first-order valence-corrected chi connectivity index (χ1v) is 7.69. The van der Waals surface area contributed by atoms with Crippen LogP contribution >= 0.6 is 12.6 Å². The van der Waals surface area contributed by atoms with Crippen molar-refractivity contribution in [3.8, 4) is 0 Å². The second kappa shape index (κ2) is 7.01. The summed E-state index contributed by atoms with van der Waals surface area (Å²) >= 11 is 4.57. The minimum absolute atomic E-state index is 0.412. The maximum Gasteiger partial charge on any atom is 0.0220 e. The van der Waals surface area contributed by atoms with Crippen LogP contribution in [-0.2, 0) is 0 Å². The van der Waals surface area contributed by atoms with Gasteiger partial charge in [-0.05, 0) is 57.5 Å². The van der Waals surface area contributed by atoms with Gasteiger partial charge in [0.05, 0.1) is 0 Å². The van der Waals surface area contributed by atoms with E-state index in [1.54, 1.807) is 0 Å². The first-order valence-electron chi connectivity index (χ1n) is 7.06. The minimum Gasteiger partial charge on any atom is -0.304 e. The Morgan fingerprint density at radius 1 is 1.35 bits per heavy atom. The quantitative estimate of drug-likeness (QED) is 0.702. The van der Waals surface area contributed by atoms with E-state index >= 15 is 0 Å². The summed E-state index contributed by atoms with van der Waals surface area (Å²) in [5.41, 5.74) is 0.412. The highest BCUT2D eigenvalue weighted by molar-refractivity contribution is 7.80. The minimum atomic E-state index is 0.412. The predicted octanol–water partition coefficient (Wildman–Crippen LogP) is 2.75. The fourth-order valence-corrected chi connectivity index (χ4v) is 3.50. The number of likely N-dealkylation sites (N-methyl/N-ethyl adjacent to an activating group) is 2. The van der Waals surface area contributed by atoms with E-state index in [-0.39, 0.29) is 0 Å². The molecular formula is C14H30N2S. The van der Waals surface area contributed by atoms with Crippen LogP contribution in [0.25, 0.3) is 0 Å². The van der Waals surface area contributed by atoms with Crippen molar-refractivity contribution in [2.75, 3.05) is 39.5 Å². The van der Waals surface area contributed by atoms with E-state index < -0.39 is 0 Å². The normalized spacial score (nSPS) is 22.6. The monoisotopic (exact) mass is 258 g/mol. The molecule has 0 radical (unpaired) electrons. The van der Waals surface area contributed by atoms with Crippen molar-refractivity contribution in [2.24, 2.45) is 5.41 Å². The molecule has 102 valence electrons. The third-order valence-electron chi connectivity index (χ3n) is 4.63. The van der Waals surface area contributed by atoms with Gasteiger partial charge in [-0.3, -0.25) is 0 Å². The molecule has 1 fully saturated rings. The number of rotatable bonds is 7. The Labute approximate surface area is 113 Å². The Bertz CT molecular complexity index is 208. The summed E-state index contributed by atoms with van der Waals surface area (Å²) in [4.78, 5) is 5.03. The smallest absolute Gasteiger partial charge is 0.0220 e. The zero-order valence-corrected chi connectivity index (χ0v) is 13.0. The van der Waals surface area contributed by atoms with Crippen LogP contribution in [0.1, 0.15) is 39.5 Å². The molecule has 1 aliphatic rings. The van der Waals surface area contributed by atoms with E-state index in [0.29, 0.717) is 5.41 Å². The van der Waals surface area contributed by atoms with E-state index in [2.05, 4.69) is 50.4 Å². The van der Waals surface area contributed by atoms with Gasteiger partial charge >= 0.3 is 0 Å². The Balaban J connectivity index is 2.44. The molecule has 1 unspecified atom stereocenters. The second-order valence-electron chi connectivity index (χ2n) is 5.84. The van der Waals surface area contributed by atoms with Gasteiger partial charge in [-0.1, -0.05) is 13.8 Å². The number of nitrogens with zero attached hydrogens (tertiary/aromatic N) is 2. The number of hydrogen-bond acceptors (Lipinski definition) is 3. The molecule has 0 aliphatic carbocycles. The van der Waals surface area contributed by atoms with E-state index in [1.165, 1.54) is 45.3 Å². The fraction of sp³-hybridized carbons (Fsp3) is 1.00. The molecule has 1 atom stereocenters. The van der Waals surface area contributed by atoms with Gasteiger partial charge in [0, 0.05) is 19.1 Å². The lowest BCUT2D eigenvalue weighted by atomic mass is 9.84. The molecule has 1 rings (SSSR count). The third kappa shape index (κ3) is 4.15. The molecule has 3 heteroatoms. The molecule has 0 N–H and O–H groups in total. The van der Waals surface area contributed by atoms with Crippen LogP contribution in [0, 0.1) is 5.41 Å². The van der Waals surface area contributed by atoms with Gasteiger partial charge in [0.2, 0.25) is 0 Å². The van der Waals surface area contributed by atoms with E-state index in [4.69, 9.17) is 0 Å². The van der Waals surface area contributed by atoms with Gasteiger partial charge < -0.3 is 9.80 Å². The molecule has 0 spiro atoms. The SMILES string of the molecule is CCC(CC)(CS)CN(C)CC1CCCN1C. The van der Waals surface area contributed by atoms with Crippen LogP contribution in [0.2, 0.25) is 0 Å². The highest BCUT2D eigenvalue weighted by Crippen LogP contribution is 2.29. The highest BCUT2D eigenvalue weighted by atomic mass is 32.1. The van der Waals surface area contributed by atoms with Crippen LogP contribution in [-0.4, -0.2) is 55.3 Å². The molecule has 0 aromatic heterocycles. The summed E-state index contributed by atoms with van der Waals surface area (Å²) in [5.74, 6) is 1.00. The lowest BCUT2D eigenvalue weighted by Crippen LogP contribution is -2.42. The lowest BCUT2D eigenvalue weighted by Gasteiger charge is -2.36.